The number of hydrogen-bond acceptors (Lipinski definition) is 3. The predicted octanol–water partition coefficient (Wildman–Crippen LogP) is 3.93. The van der Waals surface area contributed by atoms with Crippen LogP contribution in [0.5, 0.6) is 0 Å². The Morgan fingerprint density at radius 1 is 1.15 bits per heavy atom. The van der Waals surface area contributed by atoms with Crippen molar-refractivity contribution in [1.82, 2.24) is 15.2 Å². The normalized spacial score (nSPS) is 23.3. The number of benzene rings is 1. The number of carbonyl (C=O) groups is 1. The van der Waals surface area contributed by atoms with Gasteiger partial charge < -0.3 is 15.2 Å². The molecule has 2 fully saturated rings. The van der Waals surface area contributed by atoms with Gasteiger partial charge in [0, 0.05) is 46.7 Å². The number of fused-ring (bicyclic) bond motifs is 1. The lowest BCUT2D eigenvalue weighted by molar-refractivity contribution is -0.120. The Labute approximate surface area is 160 Å². The van der Waals surface area contributed by atoms with E-state index in [2.05, 4.69) is 52.6 Å². The molecule has 2 aromatic rings. The highest BCUT2D eigenvalue weighted by Gasteiger charge is 2.33. The summed E-state index contributed by atoms with van der Waals surface area (Å²) in [5.74, 6) is 0.649. The van der Waals surface area contributed by atoms with Crippen molar-refractivity contribution in [2.75, 3.05) is 5.75 Å². The molecule has 4 nitrogen and oxygen atoms in total. The van der Waals surface area contributed by atoms with E-state index in [1.54, 1.807) is 11.8 Å². The first-order chi connectivity index (χ1) is 12.7. The first kappa shape index (κ1) is 17.9. The molecule has 2 aliphatic rings. The molecule has 1 amide bonds. The Kier molecular flexibility index (Phi) is 5.55. The van der Waals surface area contributed by atoms with Crippen molar-refractivity contribution >= 4 is 28.6 Å². The number of rotatable bonds is 7. The molecule has 1 heterocycles. The van der Waals surface area contributed by atoms with Crippen molar-refractivity contribution in [3.8, 4) is 0 Å². The number of aryl methyl sites for hydroxylation is 1. The Balaban J connectivity index is 1.30. The number of para-hydroxylation sites is 1. The van der Waals surface area contributed by atoms with Crippen LogP contribution >= 0.6 is 11.8 Å². The van der Waals surface area contributed by atoms with E-state index in [1.165, 1.54) is 47.9 Å². The van der Waals surface area contributed by atoms with E-state index in [0.29, 0.717) is 23.9 Å². The first-order valence-electron chi connectivity index (χ1n) is 10.0. The molecular formula is C21H29N3OS. The van der Waals surface area contributed by atoms with Gasteiger partial charge in [-0.25, -0.2) is 0 Å². The van der Waals surface area contributed by atoms with Gasteiger partial charge in [-0.15, -0.1) is 11.8 Å². The summed E-state index contributed by atoms with van der Waals surface area (Å²) < 4.78 is 2.25. The fraction of sp³-hybridized carbons (Fsp3) is 0.571. The van der Waals surface area contributed by atoms with Crippen LogP contribution < -0.4 is 10.6 Å². The molecule has 0 aliphatic heterocycles. The minimum Gasteiger partial charge on any atom is -0.351 e. The number of aromatic nitrogens is 1. The summed E-state index contributed by atoms with van der Waals surface area (Å²) in [5.41, 5.74) is 1.25. The van der Waals surface area contributed by atoms with Gasteiger partial charge in [-0.05, 0) is 38.7 Å². The van der Waals surface area contributed by atoms with E-state index in [9.17, 15) is 4.79 Å². The van der Waals surface area contributed by atoms with Crippen LogP contribution in [0.1, 0.15) is 45.4 Å². The van der Waals surface area contributed by atoms with Gasteiger partial charge in [-0.3, -0.25) is 4.79 Å². The van der Waals surface area contributed by atoms with Crippen LogP contribution in [0, 0.1) is 0 Å². The second-order valence-electron chi connectivity index (χ2n) is 7.59. The second-order valence-corrected chi connectivity index (χ2v) is 8.61. The van der Waals surface area contributed by atoms with Gasteiger partial charge in [0.15, 0.2) is 0 Å². The zero-order chi connectivity index (χ0) is 17.9. The van der Waals surface area contributed by atoms with Crippen LogP contribution in [0.15, 0.2) is 35.4 Å². The van der Waals surface area contributed by atoms with Crippen LogP contribution in [0.2, 0.25) is 0 Å². The molecule has 140 valence electrons. The highest BCUT2D eigenvalue weighted by atomic mass is 32.2. The van der Waals surface area contributed by atoms with Gasteiger partial charge in [0.05, 0.1) is 5.75 Å². The quantitative estimate of drug-likeness (QED) is 0.725. The fourth-order valence-electron chi connectivity index (χ4n) is 4.25. The second kappa shape index (κ2) is 8.05. The fourth-order valence-corrected chi connectivity index (χ4v) is 5.15. The summed E-state index contributed by atoms with van der Waals surface area (Å²) in [4.78, 5) is 13.6. The van der Waals surface area contributed by atoms with Gasteiger partial charge in [-0.1, -0.05) is 31.0 Å². The predicted molar refractivity (Wildman–Crippen MR) is 109 cm³/mol. The zero-order valence-corrected chi connectivity index (χ0v) is 16.4. The SMILES string of the molecule is CCn1cc(SCC(=O)N[C@@H]2CC[C@@H]2NC2CCCC2)c2ccccc21. The van der Waals surface area contributed by atoms with Crippen molar-refractivity contribution in [2.24, 2.45) is 0 Å². The molecule has 0 bridgehead atoms. The first-order valence-corrected chi connectivity index (χ1v) is 11.0. The maximum absolute atomic E-state index is 12.4. The lowest BCUT2D eigenvalue weighted by Crippen LogP contribution is -2.58. The summed E-state index contributed by atoms with van der Waals surface area (Å²) in [7, 11) is 0. The maximum atomic E-state index is 12.4. The molecule has 0 radical (unpaired) electrons. The third-order valence-electron chi connectivity index (χ3n) is 5.88. The summed E-state index contributed by atoms with van der Waals surface area (Å²) in [5, 5.41) is 8.25. The zero-order valence-electron chi connectivity index (χ0n) is 15.5. The molecule has 26 heavy (non-hydrogen) atoms. The number of hydrogen-bond donors (Lipinski definition) is 2. The van der Waals surface area contributed by atoms with Crippen LogP contribution in [0.25, 0.3) is 10.9 Å². The van der Waals surface area contributed by atoms with Gasteiger partial charge >= 0.3 is 0 Å². The van der Waals surface area contributed by atoms with E-state index in [0.717, 1.165) is 13.0 Å². The number of nitrogens with zero attached hydrogens (tertiary/aromatic N) is 1. The highest BCUT2D eigenvalue weighted by molar-refractivity contribution is 8.00. The molecule has 4 rings (SSSR count). The van der Waals surface area contributed by atoms with E-state index in [1.807, 2.05) is 0 Å². The van der Waals surface area contributed by atoms with Crippen molar-refractivity contribution in [2.45, 2.75) is 75.0 Å². The Hall–Kier alpha value is -1.46. The number of nitrogens with one attached hydrogen (secondary N) is 2. The molecular weight excluding hydrogens is 342 g/mol. The van der Waals surface area contributed by atoms with E-state index in [4.69, 9.17) is 0 Å². The van der Waals surface area contributed by atoms with Crippen molar-refractivity contribution in [3.05, 3.63) is 30.5 Å². The molecule has 2 saturated carbocycles. The largest absolute Gasteiger partial charge is 0.351 e. The molecule has 5 heteroatoms. The maximum Gasteiger partial charge on any atom is 0.230 e. The molecule has 2 atom stereocenters. The third-order valence-corrected chi connectivity index (χ3v) is 6.92. The van der Waals surface area contributed by atoms with Crippen molar-refractivity contribution < 1.29 is 4.79 Å². The van der Waals surface area contributed by atoms with Gasteiger partial charge in [0.1, 0.15) is 0 Å². The van der Waals surface area contributed by atoms with E-state index in [-0.39, 0.29) is 5.91 Å². The minimum atomic E-state index is 0.159. The van der Waals surface area contributed by atoms with E-state index >= 15 is 0 Å². The molecule has 0 spiro atoms. The molecule has 0 unspecified atom stereocenters. The Morgan fingerprint density at radius 2 is 1.92 bits per heavy atom. The summed E-state index contributed by atoms with van der Waals surface area (Å²) in [6, 6.07) is 9.92. The van der Waals surface area contributed by atoms with Gasteiger partial charge in [0.25, 0.3) is 0 Å². The molecule has 1 aromatic heterocycles. The average Bonchev–Trinajstić information content (AvgIpc) is 3.29. The lowest BCUT2D eigenvalue weighted by Gasteiger charge is -2.39. The van der Waals surface area contributed by atoms with Crippen LogP contribution in [-0.2, 0) is 11.3 Å². The molecule has 2 aliphatic carbocycles. The van der Waals surface area contributed by atoms with Crippen molar-refractivity contribution in [3.63, 3.8) is 0 Å². The highest BCUT2D eigenvalue weighted by Crippen LogP contribution is 2.30. The Morgan fingerprint density at radius 3 is 2.65 bits per heavy atom. The molecule has 0 saturated heterocycles. The summed E-state index contributed by atoms with van der Waals surface area (Å²) in [6.07, 6.45) is 9.78. The smallest absolute Gasteiger partial charge is 0.230 e. The number of carbonyl (C=O) groups excluding carboxylic acids is 1. The van der Waals surface area contributed by atoms with Crippen LogP contribution in [0.4, 0.5) is 0 Å². The van der Waals surface area contributed by atoms with Gasteiger partial charge in [-0.2, -0.15) is 0 Å². The summed E-state index contributed by atoms with van der Waals surface area (Å²) in [6.45, 7) is 3.10. The van der Waals surface area contributed by atoms with Crippen molar-refractivity contribution in [1.29, 1.82) is 0 Å². The van der Waals surface area contributed by atoms with E-state index < -0.39 is 0 Å². The molecule has 1 aromatic carbocycles. The number of thioether (sulfide) groups is 1. The lowest BCUT2D eigenvalue weighted by atomic mass is 9.85. The minimum absolute atomic E-state index is 0.159. The third kappa shape index (κ3) is 3.79. The number of amides is 1. The standard InChI is InChI=1S/C21H29N3OS/c1-2-24-13-20(16-9-5-6-10-19(16)24)26-14-21(25)23-18-12-11-17(18)22-15-7-3-4-8-15/h5-6,9-10,13,15,17-18,22H,2-4,7-8,11-12,14H2,1H3,(H,23,25)/t17-,18+/m0/s1. The molecule has 2 N–H and O–H groups in total. The topological polar surface area (TPSA) is 46.1 Å². The van der Waals surface area contributed by atoms with Gasteiger partial charge in [0.2, 0.25) is 5.91 Å². The monoisotopic (exact) mass is 371 g/mol. The van der Waals surface area contributed by atoms with Crippen LogP contribution in [-0.4, -0.2) is 34.4 Å². The Bertz CT molecular complexity index is 766. The summed E-state index contributed by atoms with van der Waals surface area (Å²) >= 11 is 1.65. The average molecular weight is 372 g/mol. The van der Waals surface area contributed by atoms with Crippen LogP contribution in [0.3, 0.4) is 0 Å².